The van der Waals surface area contributed by atoms with Crippen molar-refractivity contribution in [2.24, 2.45) is 0 Å². The summed E-state index contributed by atoms with van der Waals surface area (Å²) >= 11 is 0. The quantitative estimate of drug-likeness (QED) is 0.394. The van der Waals surface area contributed by atoms with E-state index in [9.17, 15) is 18.0 Å². The molecule has 7 heteroatoms. The third-order valence-electron chi connectivity index (χ3n) is 1.35. The fraction of sp³-hybridized carbons (Fsp3) is 0.500. The van der Waals surface area contributed by atoms with Crippen LogP contribution in [0.3, 0.4) is 0 Å². The van der Waals surface area contributed by atoms with Crippen molar-refractivity contribution in [3.8, 4) is 0 Å². The molecule has 0 heterocycles. The minimum Gasteiger partial charge on any atom is -0.454 e. The van der Waals surface area contributed by atoms with Gasteiger partial charge in [-0.1, -0.05) is 6.58 Å². The number of ketones is 1. The molecule has 86 valence electrons. The van der Waals surface area contributed by atoms with Gasteiger partial charge in [0.05, 0.1) is 5.75 Å². The fourth-order valence-corrected chi connectivity index (χ4v) is 1.07. The van der Waals surface area contributed by atoms with Crippen LogP contribution in [0, 0.1) is 0 Å². The molecule has 0 aromatic rings. The Morgan fingerprint density at radius 3 is 2.33 bits per heavy atom. The lowest BCUT2D eigenvalue weighted by atomic mass is 10.3. The lowest BCUT2D eigenvalue weighted by Crippen LogP contribution is -2.17. The largest absolute Gasteiger partial charge is 0.454 e. The van der Waals surface area contributed by atoms with Crippen LogP contribution in [0.2, 0.25) is 0 Å². The Kier molecular flexibility index (Phi) is 5.16. The van der Waals surface area contributed by atoms with E-state index >= 15 is 0 Å². The van der Waals surface area contributed by atoms with E-state index in [0.717, 1.165) is 0 Å². The topological polar surface area (TPSA) is 97.7 Å². The molecule has 0 aliphatic heterocycles. The first-order chi connectivity index (χ1) is 6.72. The standard InChI is InChI=1S/C8H12O6S/c1-6(2)8(10)14-5-7(9)3-4-15(11,12)13/h1,3-5H2,2H3,(H,11,12,13). The van der Waals surface area contributed by atoms with Crippen molar-refractivity contribution in [2.45, 2.75) is 13.3 Å². The number of carbonyl (C=O) groups excluding carboxylic acids is 2. The van der Waals surface area contributed by atoms with E-state index in [1.807, 2.05) is 0 Å². The molecular weight excluding hydrogens is 224 g/mol. The predicted molar refractivity (Wildman–Crippen MR) is 51.8 cm³/mol. The van der Waals surface area contributed by atoms with Gasteiger partial charge in [0, 0.05) is 12.0 Å². The Bertz CT molecular complexity index is 367. The molecule has 0 atom stereocenters. The molecule has 0 amide bonds. The van der Waals surface area contributed by atoms with E-state index in [4.69, 9.17) is 4.55 Å². The summed E-state index contributed by atoms with van der Waals surface area (Å²) in [7, 11) is -4.15. The molecule has 6 nitrogen and oxygen atoms in total. The first kappa shape index (κ1) is 13.8. The van der Waals surface area contributed by atoms with Crippen molar-refractivity contribution in [3.05, 3.63) is 12.2 Å². The van der Waals surface area contributed by atoms with E-state index in [1.165, 1.54) is 6.92 Å². The summed E-state index contributed by atoms with van der Waals surface area (Å²) < 4.78 is 33.3. The van der Waals surface area contributed by atoms with Crippen LogP contribution in [0.15, 0.2) is 12.2 Å². The zero-order chi connectivity index (χ0) is 12.1. The highest BCUT2D eigenvalue weighted by molar-refractivity contribution is 7.85. The van der Waals surface area contributed by atoms with E-state index in [1.54, 1.807) is 0 Å². The maximum atomic E-state index is 10.9. The molecule has 0 spiro atoms. The first-order valence-corrected chi connectivity index (χ1v) is 5.63. The van der Waals surface area contributed by atoms with Crippen molar-refractivity contribution >= 4 is 21.9 Å². The second-order valence-corrected chi connectivity index (χ2v) is 4.50. The number of hydrogen-bond acceptors (Lipinski definition) is 5. The van der Waals surface area contributed by atoms with E-state index in [0.29, 0.717) is 0 Å². The highest BCUT2D eigenvalue weighted by atomic mass is 32.2. The van der Waals surface area contributed by atoms with Gasteiger partial charge in [-0.2, -0.15) is 8.42 Å². The van der Waals surface area contributed by atoms with Gasteiger partial charge in [-0.3, -0.25) is 9.35 Å². The molecule has 0 radical (unpaired) electrons. The summed E-state index contributed by atoms with van der Waals surface area (Å²) in [6.45, 7) is 4.21. The van der Waals surface area contributed by atoms with Crippen LogP contribution in [0.5, 0.6) is 0 Å². The molecule has 0 saturated carbocycles. The summed E-state index contributed by atoms with van der Waals surface area (Å²) in [5.74, 6) is -1.96. The molecule has 0 aromatic carbocycles. The monoisotopic (exact) mass is 236 g/mol. The second kappa shape index (κ2) is 5.62. The number of Topliss-reactive ketones (excluding diaryl/α,β-unsaturated/α-hetero) is 1. The molecule has 0 fully saturated rings. The Hall–Kier alpha value is -1.21. The third kappa shape index (κ3) is 7.83. The Morgan fingerprint density at radius 2 is 1.93 bits per heavy atom. The van der Waals surface area contributed by atoms with Crippen LogP contribution in [0.1, 0.15) is 13.3 Å². The van der Waals surface area contributed by atoms with E-state index < -0.39 is 34.2 Å². The van der Waals surface area contributed by atoms with Crippen LogP contribution >= 0.6 is 0 Å². The molecule has 0 aromatic heterocycles. The van der Waals surface area contributed by atoms with Gasteiger partial charge < -0.3 is 4.74 Å². The molecule has 0 rings (SSSR count). The van der Waals surface area contributed by atoms with Crippen LogP contribution in [-0.2, 0) is 24.4 Å². The van der Waals surface area contributed by atoms with Gasteiger partial charge >= 0.3 is 5.97 Å². The Labute approximate surface area is 87.7 Å². The molecule has 0 aliphatic carbocycles. The maximum absolute atomic E-state index is 10.9. The van der Waals surface area contributed by atoms with Crippen molar-refractivity contribution in [1.29, 1.82) is 0 Å². The third-order valence-corrected chi connectivity index (χ3v) is 2.07. The average molecular weight is 236 g/mol. The summed E-state index contributed by atoms with van der Waals surface area (Å²) in [5, 5.41) is 0. The smallest absolute Gasteiger partial charge is 0.333 e. The lowest BCUT2D eigenvalue weighted by Gasteiger charge is -2.02. The van der Waals surface area contributed by atoms with Gasteiger partial charge in [0.2, 0.25) is 0 Å². The number of esters is 1. The van der Waals surface area contributed by atoms with Gasteiger partial charge in [-0.25, -0.2) is 4.79 Å². The average Bonchev–Trinajstić information content (AvgIpc) is 2.09. The van der Waals surface area contributed by atoms with Crippen molar-refractivity contribution in [3.63, 3.8) is 0 Å². The SMILES string of the molecule is C=C(C)C(=O)OCC(=O)CCS(=O)(=O)O. The van der Waals surface area contributed by atoms with Crippen LogP contribution in [-0.4, -0.2) is 37.1 Å². The summed E-state index contributed by atoms with van der Waals surface area (Å²) in [4.78, 5) is 21.7. The van der Waals surface area contributed by atoms with Crippen LogP contribution in [0.4, 0.5) is 0 Å². The minimum atomic E-state index is -4.15. The van der Waals surface area contributed by atoms with Crippen molar-refractivity contribution < 1.29 is 27.3 Å². The first-order valence-electron chi connectivity index (χ1n) is 4.02. The predicted octanol–water partition coefficient (Wildman–Crippen LogP) is -0.0473. The maximum Gasteiger partial charge on any atom is 0.333 e. The molecule has 1 N–H and O–H groups in total. The van der Waals surface area contributed by atoms with Crippen LogP contribution < -0.4 is 0 Å². The minimum absolute atomic E-state index is 0.151. The molecule has 0 unspecified atom stereocenters. The van der Waals surface area contributed by atoms with E-state index in [-0.39, 0.29) is 12.0 Å². The molecule has 0 bridgehead atoms. The zero-order valence-electron chi connectivity index (χ0n) is 8.23. The lowest BCUT2D eigenvalue weighted by molar-refractivity contribution is -0.143. The normalized spacial score (nSPS) is 10.8. The van der Waals surface area contributed by atoms with Gasteiger partial charge in [-0.15, -0.1) is 0 Å². The second-order valence-electron chi connectivity index (χ2n) is 2.93. The van der Waals surface area contributed by atoms with Crippen molar-refractivity contribution in [2.75, 3.05) is 12.4 Å². The number of ether oxygens (including phenoxy) is 1. The summed E-state index contributed by atoms with van der Waals surface area (Å²) in [6.07, 6.45) is -0.387. The summed E-state index contributed by atoms with van der Waals surface area (Å²) in [6, 6.07) is 0. The van der Waals surface area contributed by atoms with Crippen LogP contribution in [0.25, 0.3) is 0 Å². The Morgan fingerprint density at radius 1 is 1.40 bits per heavy atom. The number of rotatable bonds is 6. The van der Waals surface area contributed by atoms with Crippen molar-refractivity contribution in [1.82, 2.24) is 0 Å². The highest BCUT2D eigenvalue weighted by Gasteiger charge is 2.12. The molecule has 15 heavy (non-hydrogen) atoms. The van der Waals surface area contributed by atoms with Gasteiger partial charge in [0.15, 0.2) is 5.78 Å². The number of carbonyl (C=O) groups is 2. The van der Waals surface area contributed by atoms with E-state index in [2.05, 4.69) is 11.3 Å². The summed E-state index contributed by atoms with van der Waals surface area (Å²) in [5.41, 5.74) is 0.151. The van der Waals surface area contributed by atoms with Gasteiger partial charge in [0.1, 0.15) is 6.61 Å². The molecule has 0 saturated heterocycles. The Balaban J connectivity index is 3.87. The van der Waals surface area contributed by atoms with Gasteiger partial charge in [0.25, 0.3) is 10.1 Å². The highest BCUT2D eigenvalue weighted by Crippen LogP contribution is 1.95. The molecule has 0 aliphatic rings. The number of hydrogen-bond donors (Lipinski definition) is 1. The molecular formula is C8H12O6S. The zero-order valence-corrected chi connectivity index (χ0v) is 9.04. The fourth-order valence-electron chi connectivity index (χ4n) is 0.584. The van der Waals surface area contributed by atoms with Gasteiger partial charge in [-0.05, 0) is 6.92 Å².